The zero-order chi connectivity index (χ0) is 15.6. The first-order valence-electron chi connectivity index (χ1n) is 7.41. The summed E-state index contributed by atoms with van der Waals surface area (Å²) in [5, 5.41) is 6.10. The van der Waals surface area contributed by atoms with Crippen molar-refractivity contribution in [2.24, 2.45) is 10.7 Å². The average Bonchev–Trinajstić information content (AvgIpc) is 3.02. The zero-order valence-corrected chi connectivity index (χ0v) is 13.6. The van der Waals surface area contributed by atoms with Crippen LogP contribution in [0.2, 0.25) is 0 Å². The van der Waals surface area contributed by atoms with Crippen LogP contribution in [0.25, 0.3) is 10.6 Å². The maximum atomic E-state index is 5.83. The third-order valence-electron chi connectivity index (χ3n) is 2.96. The second-order valence-electron chi connectivity index (χ2n) is 4.69. The minimum atomic E-state index is 0.450. The molecule has 0 aliphatic rings. The number of thiazole rings is 1. The first-order chi connectivity index (χ1) is 10.8. The molecule has 3 N–H and O–H groups in total. The Kier molecular flexibility index (Phi) is 6.86. The summed E-state index contributed by atoms with van der Waals surface area (Å²) in [5.74, 6) is 0.450. The van der Waals surface area contributed by atoms with E-state index in [1.807, 2.05) is 30.5 Å². The Morgan fingerprint density at radius 2 is 2.18 bits per heavy atom. The van der Waals surface area contributed by atoms with E-state index < -0.39 is 0 Å². The van der Waals surface area contributed by atoms with Crippen LogP contribution >= 0.6 is 11.3 Å². The summed E-state index contributed by atoms with van der Waals surface area (Å²) in [6.45, 7) is 4.73. The summed E-state index contributed by atoms with van der Waals surface area (Å²) < 4.78 is 5.26. The van der Waals surface area contributed by atoms with Gasteiger partial charge in [-0.05, 0) is 13.3 Å². The molecule has 0 bridgehead atoms. The fourth-order valence-electron chi connectivity index (χ4n) is 1.85. The van der Waals surface area contributed by atoms with Gasteiger partial charge in [0.2, 0.25) is 0 Å². The van der Waals surface area contributed by atoms with Crippen molar-refractivity contribution in [3.63, 3.8) is 0 Å². The molecule has 1 aromatic heterocycles. The van der Waals surface area contributed by atoms with Gasteiger partial charge in [0.1, 0.15) is 5.01 Å². The van der Waals surface area contributed by atoms with Gasteiger partial charge in [-0.1, -0.05) is 30.3 Å². The Bertz CT molecular complexity index is 583. The molecule has 0 fully saturated rings. The van der Waals surface area contributed by atoms with Crippen LogP contribution in [-0.2, 0) is 11.3 Å². The quantitative estimate of drug-likeness (QED) is 0.446. The molecule has 1 heterocycles. The second-order valence-corrected chi connectivity index (χ2v) is 5.55. The van der Waals surface area contributed by atoms with E-state index in [4.69, 9.17) is 10.5 Å². The van der Waals surface area contributed by atoms with Gasteiger partial charge in [0.15, 0.2) is 5.96 Å². The smallest absolute Gasteiger partial charge is 0.188 e. The van der Waals surface area contributed by atoms with E-state index in [9.17, 15) is 0 Å². The Labute approximate surface area is 135 Å². The van der Waals surface area contributed by atoms with Crippen molar-refractivity contribution in [3.05, 3.63) is 41.4 Å². The summed E-state index contributed by atoms with van der Waals surface area (Å²) in [6, 6.07) is 10.1. The number of guanidine groups is 1. The molecule has 1 aromatic carbocycles. The van der Waals surface area contributed by atoms with Crippen LogP contribution < -0.4 is 11.1 Å². The predicted octanol–water partition coefficient (Wildman–Crippen LogP) is 2.64. The largest absolute Gasteiger partial charge is 0.382 e. The summed E-state index contributed by atoms with van der Waals surface area (Å²) in [4.78, 5) is 8.89. The molecule has 2 rings (SSSR count). The lowest BCUT2D eigenvalue weighted by molar-refractivity contribution is 0.145. The van der Waals surface area contributed by atoms with Crippen LogP contribution in [0.15, 0.2) is 40.7 Å². The van der Waals surface area contributed by atoms with Crippen molar-refractivity contribution in [3.8, 4) is 10.6 Å². The van der Waals surface area contributed by atoms with E-state index >= 15 is 0 Å². The van der Waals surface area contributed by atoms with E-state index in [1.165, 1.54) is 0 Å². The molecule has 118 valence electrons. The number of nitrogens with zero attached hydrogens (tertiary/aromatic N) is 2. The molecule has 0 aliphatic heterocycles. The van der Waals surface area contributed by atoms with Gasteiger partial charge >= 0.3 is 0 Å². The van der Waals surface area contributed by atoms with E-state index in [2.05, 4.69) is 27.4 Å². The van der Waals surface area contributed by atoms with Gasteiger partial charge in [0.25, 0.3) is 0 Å². The Morgan fingerprint density at radius 1 is 1.36 bits per heavy atom. The summed E-state index contributed by atoms with van der Waals surface area (Å²) in [5.41, 5.74) is 7.89. The van der Waals surface area contributed by atoms with Crippen LogP contribution in [0.3, 0.4) is 0 Å². The highest BCUT2D eigenvalue weighted by atomic mass is 32.1. The normalized spacial score (nSPS) is 11.6. The standard InChI is InChI=1S/C16H22N4OS/c1-2-21-10-6-9-18-16(17)19-11-14-12-22-15(20-14)13-7-4-3-5-8-13/h3-5,7-8,12H,2,6,9-11H2,1H3,(H3,17,18,19). The molecule has 0 atom stereocenters. The fraction of sp³-hybridized carbons (Fsp3) is 0.375. The molecule has 0 saturated carbocycles. The molecule has 5 nitrogen and oxygen atoms in total. The highest BCUT2D eigenvalue weighted by Gasteiger charge is 2.03. The van der Waals surface area contributed by atoms with Crippen LogP contribution in [0.5, 0.6) is 0 Å². The van der Waals surface area contributed by atoms with Crippen LogP contribution in [0.4, 0.5) is 0 Å². The molecule has 0 aliphatic carbocycles. The Morgan fingerprint density at radius 3 is 2.95 bits per heavy atom. The molecular formula is C16H22N4OS. The second kappa shape index (κ2) is 9.17. The number of hydrogen-bond donors (Lipinski definition) is 2. The molecule has 22 heavy (non-hydrogen) atoms. The minimum Gasteiger partial charge on any atom is -0.382 e. The van der Waals surface area contributed by atoms with Gasteiger partial charge in [-0.3, -0.25) is 0 Å². The van der Waals surface area contributed by atoms with Crippen molar-refractivity contribution in [2.45, 2.75) is 19.9 Å². The number of nitrogens with two attached hydrogens (primary N) is 1. The van der Waals surface area contributed by atoms with E-state index in [0.29, 0.717) is 12.5 Å². The first kappa shape index (κ1) is 16.5. The van der Waals surface area contributed by atoms with Gasteiger partial charge in [-0.15, -0.1) is 11.3 Å². The molecule has 2 aromatic rings. The lowest BCUT2D eigenvalue weighted by atomic mass is 10.2. The lowest BCUT2D eigenvalue weighted by Crippen LogP contribution is -2.32. The highest BCUT2D eigenvalue weighted by Crippen LogP contribution is 2.23. The van der Waals surface area contributed by atoms with Crippen molar-refractivity contribution >= 4 is 17.3 Å². The fourth-order valence-corrected chi connectivity index (χ4v) is 2.67. The van der Waals surface area contributed by atoms with Crippen molar-refractivity contribution in [1.82, 2.24) is 10.3 Å². The number of aromatic nitrogens is 1. The number of benzene rings is 1. The zero-order valence-electron chi connectivity index (χ0n) is 12.8. The average molecular weight is 318 g/mol. The van der Waals surface area contributed by atoms with Gasteiger partial charge in [0.05, 0.1) is 12.2 Å². The molecule has 0 saturated heterocycles. The monoisotopic (exact) mass is 318 g/mol. The highest BCUT2D eigenvalue weighted by molar-refractivity contribution is 7.13. The topological polar surface area (TPSA) is 72.5 Å². The maximum Gasteiger partial charge on any atom is 0.188 e. The third kappa shape index (κ3) is 5.46. The number of nitrogens with one attached hydrogen (secondary N) is 1. The van der Waals surface area contributed by atoms with Crippen LogP contribution in [0, 0.1) is 0 Å². The summed E-state index contributed by atoms with van der Waals surface area (Å²) in [7, 11) is 0. The van der Waals surface area contributed by atoms with Gasteiger partial charge in [0, 0.05) is 30.7 Å². The number of aliphatic imine (C=N–C) groups is 1. The lowest BCUT2D eigenvalue weighted by Gasteiger charge is -2.05. The SMILES string of the molecule is CCOCCCNC(N)=NCc1csc(-c2ccccc2)n1. The van der Waals surface area contributed by atoms with E-state index in [0.717, 1.165) is 42.4 Å². The van der Waals surface area contributed by atoms with Gasteiger partial charge < -0.3 is 15.8 Å². The Balaban J connectivity index is 1.79. The third-order valence-corrected chi connectivity index (χ3v) is 3.90. The molecular weight excluding hydrogens is 296 g/mol. The molecule has 6 heteroatoms. The van der Waals surface area contributed by atoms with Crippen molar-refractivity contribution in [1.29, 1.82) is 0 Å². The number of hydrogen-bond acceptors (Lipinski definition) is 4. The van der Waals surface area contributed by atoms with Crippen molar-refractivity contribution in [2.75, 3.05) is 19.8 Å². The van der Waals surface area contributed by atoms with Crippen LogP contribution in [0.1, 0.15) is 19.0 Å². The van der Waals surface area contributed by atoms with E-state index in [1.54, 1.807) is 11.3 Å². The molecule has 0 radical (unpaired) electrons. The molecule has 0 spiro atoms. The maximum absolute atomic E-state index is 5.83. The van der Waals surface area contributed by atoms with Gasteiger partial charge in [-0.25, -0.2) is 9.98 Å². The van der Waals surface area contributed by atoms with Crippen molar-refractivity contribution < 1.29 is 4.74 Å². The Hall–Kier alpha value is -1.92. The molecule has 0 unspecified atom stereocenters. The summed E-state index contributed by atoms with van der Waals surface area (Å²) >= 11 is 1.62. The predicted molar refractivity (Wildman–Crippen MR) is 92.0 cm³/mol. The minimum absolute atomic E-state index is 0.450. The summed E-state index contributed by atoms with van der Waals surface area (Å²) in [6.07, 6.45) is 0.916. The van der Waals surface area contributed by atoms with Crippen LogP contribution in [-0.4, -0.2) is 30.7 Å². The van der Waals surface area contributed by atoms with Gasteiger partial charge in [-0.2, -0.15) is 0 Å². The molecule has 0 amide bonds. The van der Waals surface area contributed by atoms with E-state index in [-0.39, 0.29) is 0 Å². The number of rotatable bonds is 8. The number of ether oxygens (including phenoxy) is 1. The first-order valence-corrected chi connectivity index (χ1v) is 8.29.